The fourth-order valence-corrected chi connectivity index (χ4v) is 2.07. The van der Waals surface area contributed by atoms with Crippen molar-refractivity contribution in [1.82, 2.24) is 5.48 Å². The molecule has 0 aliphatic heterocycles. The molecule has 0 radical (unpaired) electrons. The predicted octanol–water partition coefficient (Wildman–Crippen LogP) is 2.35. The molecule has 3 heteroatoms. The van der Waals surface area contributed by atoms with Gasteiger partial charge in [-0.3, -0.25) is 0 Å². The Balaban J connectivity index is 2.34. The molecule has 0 heterocycles. The molecule has 2 rings (SSSR count). The molecule has 1 aromatic rings. The van der Waals surface area contributed by atoms with E-state index in [9.17, 15) is 4.39 Å². The number of hydroxylamine groups is 1. The number of hydrogen-bond donors (Lipinski definition) is 1. The highest BCUT2D eigenvalue weighted by Crippen LogP contribution is 2.30. The quantitative estimate of drug-likeness (QED) is 0.731. The molecule has 0 bridgehead atoms. The molecule has 1 aliphatic rings. The van der Waals surface area contributed by atoms with Crippen LogP contribution in [0.1, 0.15) is 30.0 Å². The minimum absolute atomic E-state index is 0.0925. The van der Waals surface area contributed by atoms with Crippen LogP contribution in [0.15, 0.2) is 18.2 Å². The van der Waals surface area contributed by atoms with Crippen LogP contribution in [0.25, 0.3) is 0 Å². The summed E-state index contributed by atoms with van der Waals surface area (Å²) in [4.78, 5) is 4.91. The largest absolute Gasteiger partial charge is 0.305 e. The van der Waals surface area contributed by atoms with Crippen LogP contribution in [0.4, 0.5) is 4.39 Å². The lowest BCUT2D eigenvalue weighted by Crippen LogP contribution is -2.24. The van der Waals surface area contributed by atoms with Crippen LogP contribution in [0.2, 0.25) is 0 Å². The Kier molecular flexibility index (Phi) is 2.79. The first-order valence-electron chi connectivity index (χ1n) is 4.88. The number of halogens is 1. The second-order valence-corrected chi connectivity index (χ2v) is 3.57. The fourth-order valence-electron chi connectivity index (χ4n) is 2.07. The number of fused-ring (bicyclic) bond motifs is 1. The molecule has 1 aromatic carbocycles. The summed E-state index contributed by atoms with van der Waals surface area (Å²) in [5.41, 5.74) is 4.78. The fraction of sp³-hybridized carbons (Fsp3) is 0.455. The molecule has 1 aliphatic carbocycles. The smallest absolute Gasteiger partial charge is 0.126 e. The Bertz CT molecular complexity index is 327. The molecule has 0 saturated heterocycles. The minimum atomic E-state index is -0.0925. The van der Waals surface area contributed by atoms with Gasteiger partial charge in [-0.15, -0.1) is 0 Å². The number of benzene rings is 1. The topological polar surface area (TPSA) is 21.3 Å². The second kappa shape index (κ2) is 4.07. The number of rotatable bonds is 2. The zero-order valence-corrected chi connectivity index (χ0v) is 8.22. The molecule has 1 N–H and O–H groups in total. The summed E-state index contributed by atoms with van der Waals surface area (Å²) in [7, 11) is 1.59. The third-order valence-corrected chi connectivity index (χ3v) is 2.71. The van der Waals surface area contributed by atoms with E-state index in [4.69, 9.17) is 4.84 Å². The minimum Gasteiger partial charge on any atom is -0.305 e. The molecule has 1 atom stereocenters. The highest BCUT2D eigenvalue weighted by molar-refractivity contribution is 5.33. The van der Waals surface area contributed by atoms with Gasteiger partial charge in [-0.25, -0.2) is 4.39 Å². The summed E-state index contributed by atoms with van der Waals surface area (Å²) < 4.78 is 13.4. The molecular formula is C11H14FNO. The van der Waals surface area contributed by atoms with Crippen LogP contribution >= 0.6 is 0 Å². The zero-order valence-electron chi connectivity index (χ0n) is 8.22. The molecule has 0 fully saturated rings. The van der Waals surface area contributed by atoms with Crippen LogP contribution in [0.3, 0.4) is 0 Å². The van der Waals surface area contributed by atoms with Crippen molar-refractivity contribution in [3.05, 3.63) is 35.1 Å². The molecule has 0 saturated carbocycles. The van der Waals surface area contributed by atoms with E-state index in [0.717, 1.165) is 30.4 Å². The van der Waals surface area contributed by atoms with Gasteiger partial charge in [-0.2, -0.15) is 5.48 Å². The van der Waals surface area contributed by atoms with Crippen LogP contribution in [0.5, 0.6) is 0 Å². The van der Waals surface area contributed by atoms with Gasteiger partial charge in [0.2, 0.25) is 0 Å². The third-order valence-electron chi connectivity index (χ3n) is 2.71. The van der Waals surface area contributed by atoms with E-state index in [2.05, 4.69) is 5.48 Å². The first-order chi connectivity index (χ1) is 6.83. The highest BCUT2D eigenvalue weighted by Gasteiger charge is 2.21. The Morgan fingerprint density at radius 1 is 1.50 bits per heavy atom. The third kappa shape index (κ3) is 1.65. The van der Waals surface area contributed by atoms with Gasteiger partial charge in [0.1, 0.15) is 5.82 Å². The molecule has 0 aromatic heterocycles. The standard InChI is InChI=1S/C11H14FNO/c1-14-13-11-7-3-4-8-9(11)5-2-6-10(8)12/h2,5-6,11,13H,3-4,7H2,1H3. The summed E-state index contributed by atoms with van der Waals surface area (Å²) in [6, 6.07) is 5.38. The van der Waals surface area contributed by atoms with Crippen LogP contribution in [-0.2, 0) is 11.3 Å². The lowest BCUT2D eigenvalue weighted by Gasteiger charge is -2.25. The van der Waals surface area contributed by atoms with Gasteiger partial charge in [0.25, 0.3) is 0 Å². The normalized spacial score (nSPS) is 20.6. The number of nitrogens with one attached hydrogen (secondary N) is 1. The van der Waals surface area contributed by atoms with Gasteiger partial charge >= 0.3 is 0 Å². The maximum absolute atomic E-state index is 13.4. The van der Waals surface area contributed by atoms with E-state index in [1.54, 1.807) is 13.2 Å². The van der Waals surface area contributed by atoms with E-state index in [0.29, 0.717) is 0 Å². The van der Waals surface area contributed by atoms with E-state index in [1.165, 1.54) is 6.07 Å². The average molecular weight is 195 g/mol. The lowest BCUT2D eigenvalue weighted by atomic mass is 9.88. The van der Waals surface area contributed by atoms with Gasteiger partial charge in [0.15, 0.2) is 0 Å². The Morgan fingerprint density at radius 3 is 3.14 bits per heavy atom. The Labute approximate surface area is 83.0 Å². The van der Waals surface area contributed by atoms with Crippen molar-refractivity contribution in [3.8, 4) is 0 Å². The highest BCUT2D eigenvalue weighted by atomic mass is 19.1. The lowest BCUT2D eigenvalue weighted by molar-refractivity contribution is 0.0549. The van der Waals surface area contributed by atoms with Crippen molar-refractivity contribution < 1.29 is 9.23 Å². The molecular weight excluding hydrogens is 181 g/mol. The summed E-state index contributed by atoms with van der Waals surface area (Å²) in [6.45, 7) is 0. The van der Waals surface area contributed by atoms with Gasteiger partial charge in [-0.1, -0.05) is 12.1 Å². The maximum atomic E-state index is 13.4. The maximum Gasteiger partial charge on any atom is 0.126 e. The number of hydrogen-bond acceptors (Lipinski definition) is 2. The van der Waals surface area contributed by atoms with E-state index in [-0.39, 0.29) is 11.9 Å². The summed E-state index contributed by atoms with van der Waals surface area (Å²) >= 11 is 0. The summed E-state index contributed by atoms with van der Waals surface area (Å²) in [5.74, 6) is -0.0925. The van der Waals surface area contributed by atoms with E-state index < -0.39 is 0 Å². The molecule has 1 unspecified atom stereocenters. The van der Waals surface area contributed by atoms with Crippen LogP contribution in [-0.4, -0.2) is 7.11 Å². The second-order valence-electron chi connectivity index (χ2n) is 3.57. The van der Waals surface area contributed by atoms with Crippen LogP contribution < -0.4 is 5.48 Å². The van der Waals surface area contributed by atoms with Crippen molar-refractivity contribution in [2.24, 2.45) is 0 Å². The van der Waals surface area contributed by atoms with Crippen molar-refractivity contribution in [1.29, 1.82) is 0 Å². The first kappa shape index (κ1) is 9.62. The van der Waals surface area contributed by atoms with Gasteiger partial charge in [0.05, 0.1) is 13.2 Å². The van der Waals surface area contributed by atoms with Gasteiger partial charge < -0.3 is 4.84 Å². The molecule has 0 spiro atoms. The van der Waals surface area contributed by atoms with Crippen molar-refractivity contribution in [2.75, 3.05) is 7.11 Å². The van der Waals surface area contributed by atoms with E-state index in [1.807, 2.05) is 6.07 Å². The zero-order chi connectivity index (χ0) is 9.97. The molecule has 2 nitrogen and oxygen atoms in total. The predicted molar refractivity (Wildman–Crippen MR) is 52.2 cm³/mol. The van der Waals surface area contributed by atoms with Crippen LogP contribution in [0, 0.1) is 5.82 Å². The van der Waals surface area contributed by atoms with E-state index >= 15 is 0 Å². The molecule has 0 amide bonds. The van der Waals surface area contributed by atoms with Crippen molar-refractivity contribution in [2.45, 2.75) is 25.3 Å². The monoisotopic (exact) mass is 195 g/mol. The SMILES string of the molecule is CONC1CCCc2c(F)cccc21. The average Bonchev–Trinajstić information content (AvgIpc) is 2.20. The first-order valence-corrected chi connectivity index (χ1v) is 4.88. The summed E-state index contributed by atoms with van der Waals surface area (Å²) in [6.07, 6.45) is 2.85. The van der Waals surface area contributed by atoms with Gasteiger partial charge in [0, 0.05) is 0 Å². The van der Waals surface area contributed by atoms with Crippen molar-refractivity contribution in [3.63, 3.8) is 0 Å². The van der Waals surface area contributed by atoms with Crippen molar-refractivity contribution >= 4 is 0 Å². The van der Waals surface area contributed by atoms with Gasteiger partial charge in [-0.05, 0) is 36.5 Å². The Morgan fingerprint density at radius 2 is 2.36 bits per heavy atom. The molecule has 14 heavy (non-hydrogen) atoms. The molecule has 76 valence electrons. The Hall–Kier alpha value is -0.930. The summed E-state index contributed by atoms with van der Waals surface area (Å²) in [5, 5.41) is 0.